The highest BCUT2D eigenvalue weighted by atomic mass is 79.9. The van der Waals surface area contributed by atoms with Crippen molar-refractivity contribution in [1.82, 2.24) is 5.32 Å². The molecule has 2 rings (SSSR count). The lowest BCUT2D eigenvalue weighted by atomic mass is 10.2. The summed E-state index contributed by atoms with van der Waals surface area (Å²) >= 11 is 8.34. The first-order chi connectivity index (χ1) is 11.8. The van der Waals surface area contributed by atoms with Crippen LogP contribution in [0.2, 0.25) is 0 Å². The molecule has 9 heteroatoms. The van der Waals surface area contributed by atoms with Crippen LogP contribution < -0.4 is 15.4 Å². The predicted octanol–water partition coefficient (Wildman–Crippen LogP) is 2.99. The SMILES string of the molecule is COc1ccc(C(=O)NC(=S)Nc2ccc(C(=O)O)c(O)c2)cc1Br. The smallest absolute Gasteiger partial charge is 0.339 e. The van der Waals surface area contributed by atoms with Gasteiger partial charge in [0.05, 0.1) is 11.6 Å². The van der Waals surface area contributed by atoms with Gasteiger partial charge in [-0.25, -0.2) is 4.79 Å². The van der Waals surface area contributed by atoms with E-state index < -0.39 is 17.6 Å². The van der Waals surface area contributed by atoms with Crippen LogP contribution in [0.15, 0.2) is 40.9 Å². The lowest BCUT2D eigenvalue weighted by Crippen LogP contribution is -2.34. The average Bonchev–Trinajstić information content (AvgIpc) is 2.54. The van der Waals surface area contributed by atoms with E-state index >= 15 is 0 Å². The Labute approximate surface area is 156 Å². The number of carboxylic acids is 1. The van der Waals surface area contributed by atoms with Gasteiger partial charge in [-0.15, -0.1) is 0 Å². The Morgan fingerprint density at radius 2 is 1.92 bits per heavy atom. The fourth-order valence-electron chi connectivity index (χ4n) is 1.94. The molecule has 4 N–H and O–H groups in total. The monoisotopic (exact) mass is 424 g/mol. The molecule has 0 unspecified atom stereocenters. The Kier molecular flexibility index (Phi) is 5.94. The Balaban J connectivity index is 2.04. The number of aromatic hydroxyl groups is 1. The van der Waals surface area contributed by atoms with E-state index in [0.717, 1.165) is 0 Å². The van der Waals surface area contributed by atoms with E-state index in [4.69, 9.17) is 22.1 Å². The van der Waals surface area contributed by atoms with Gasteiger partial charge in [-0.3, -0.25) is 10.1 Å². The Morgan fingerprint density at radius 3 is 2.48 bits per heavy atom. The zero-order valence-corrected chi connectivity index (χ0v) is 15.3. The molecule has 0 saturated carbocycles. The summed E-state index contributed by atoms with van der Waals surface area (Å²) in [6.07, 6.45) is 0. The first-order valence-corrected chi connectivity index (χ1v) is 8.04. The molecular formula is C16H13BrN2O5S. The maximum absolute atomic E-state index is 12.2. The fraction of sp³-hybridized carbons (Fsp3) is 0.0625. The van der Waals surface area contributed by atoms with Crippen molar-refractivity contribution in [1.29, 1.82) is 0 Å². The summed E-state index contributed by atoms with van der Waals surface area (Å²) in [6.45, 7) is 0. The summed E-state index contributed by atoms with van der Waals surface area (Å²) in [5.74, 6) is -1.51. The number of nitrogens with one attached hydrogen (secondary N) is 2. The summed E-state index contributed by atoms with van der Waals surface area (Å²) in [5, 5.41) is 23.7. The van der Waals surface area contributed by atoms with Crippen LogP contribution in [0.3, 0.4) is 0 Å². The number of methoxy groups -OCH3 is 1. The quantitative estimate of drug-likeness (QED) is 0.558. The molecule has 0 aliphatic heterocycles. The molecule has 2 aromatic carbocycles. The molecule has 7 nitrogen and oxygen atoms in total. The molecule has 0 aliphatic rings. The number of carbonyl (C=O) groups is 2. The van der Waals surface area contributed by atoms with Crippen molar-refractivity contribution in [3.63, 3.8) is 0 Å². The van der Waals surface area contributed by atoms with Gasteiger partial charge in [0, 0.05) is 17.3 Å². The highest BCUT2D eigenvalue weighted by molar-refractivity contribution is 9.10. The molecule has 0 saturated heterocycles. The number of thiocarbonyl (C=S) groups is 1. The van der Waals surface area contributed by atoms with Gasteiger partial charge in [0.15, 0.2) is 5.11 Å². The van der Waals surface area contributed by atoms with Gasteiger partial charge in [-0.2, -0.15) is 0 Å². The number of hydrogen-bond acceptors (Lipinski definition) is 5. The van der Waals surface area contributed by atoms with Gasteiger partial charge in [-0.05, 0) is 58.5 Å². The molecule has 1 amide bonds. The second kappa shape index (κ2) is 7.95. The number of carbonyl (C=O) groups excluding carboxylic acids is 1. The van der Waals surface area contributed by atoms with E-state index in [-0.39, 0.29) is 10.7 Å². The molecule has 0 spiro atoms. The summed E-state index contributed by atoms with van der Waals surface area (Å²) < 4.78 is 5.72. The highest BCUT2D eigenvalue weighted by Crippen LogP contribution is 2.25. The normalized spacial score (nSPS) is 10.0. The van der Waals surface area contributed by atoms with Gasteiger partial charge in [0.25, 0.3) is 5.91 Å². The Morgan fingerprint density at radius 1 is 1.20 bits per heavy atom. The van der Waals surface area contributed by atoms with Crippen LogP contribution in [-0.4, -0.2) is 34.3 Å². The number of aromatic carboxylic acids is 1. The van der Waals surface area contributed by atoms with Crippen LogP contribution in [0.1, 0.15) is 20.7 Å². The maximum atomic E-state index is 12.2. The molecule has 0 radical (unpaired) electrons. The second-order valence-corrected chi connectivity index (χ2v) is 6.06. The minimum absolute atomic E-state index is 0.000541. The molecule has 0 aliphatic carbocycles. The van der Waals surface area contributed by atoms with Gasteiger partial charge in [-0.1, -0.05) is 0 Å². The van der Waals surface area contributed by atoms with Gasteiger partial charge < -0.3 is 20.3 Å². The lowest BCUT2D eigenvalue weighted by molar-refractivity contribution is 0.0693. The number of rotatable bonds is 4. The topological polar surface area (TPSA) is 108 Å². The van der Waals surface area contributed by atoms with Gasteiger partial charge in [0.2, 0.25) is 0 Å². The molecule has 130 valence electrons. The first-order valence-electron chi connectivity index (χ1n) is 6.84. The number of carboxylic acid groups (broad SMARTS) is 1. The van der Waals surface area contributed by atoms with Gasteiger partial charge >= 0.3 is 5.97 Å². The molecule has 0 bridgehead atoms. The number of benzene rings is 2. The van der Waals surface area contributed by atoms with E-state index in [1.54, 1.807) is 18.2 Å². The molecule has 25 heavy (non-hydrogen) atoms. The van der Waals surface area contributed by atoms with Crippen molar-refractivity contribution in [2.24, 2.45) is 0 Å². The summed E-state index contributed by atoms with van der Waals surface area (Å²) in [6, 6.07) is 8.65. The minimum atomic E-state index is -1.25. The first kappa shape index (κ1) is 18.7. The van der Waals surface area contributed by atoms with Crippen LogP contribution in [0, 0.1) is 0 Å². The van der Waals surface area contributed by atoms with Crippen LogP contribution in [0.5, 0.6) is 11.5 Å². The van der Waals surface area contributed by atoms with E-state index in [1.807, 2.05) is 0 Å². The number of hydrogen-bond donors (Lipinski definition) is 4. The van der Waals surface area contributed by atoms with Crippen molar-refractivity contribution in [2.75, 3.05) is 12.4 Å². The second-order valence-electron chi connectivity index (χ2n) is 4.79. The lowest BCUT2D eigenvalue weighted by Gasteiger charge is -2.11. The van der Waals surface area contributed by atoms with Crippen molar-refractivity contribution in [2.45, 2.75) is 0 Å². The standard InChI is InChI=1S/C16H13BrN2O5S/c1-24-13-5-2-8(6-11(13)17)14(21)19-16(25)18-9-3-4-10(15(22)23)12(20)7-9/h2-7,20H,1H3,(H,22,23)(H2,18,19,21,25). The highest BCUT2D eigenvalue weighted by Gasteiger charge is 2.13. The fourth-order valence-corrected chi connectivity index (χ4v) is 2.69. The zero-order valence-electron chi connectivity index (χ0n) is 12.9. The molecule has 2 aromatic rings. The van der Waals surface area contributed by atoms with Crippen LogP contribution >= 0.6 is 28.1 Å². The zero-order chi connectivity index (χ0) is 18.6. The molecule has 0 fully saturated rings. The Bertz CT molecular complexity index is 856. The van der Waals surface area contributed by atoms with E-state index in [1.165, 1.54) is 25.3 Å². The largest absolute Gasteiger partial charge is 0.507 e. The van der Waals surface area contributed by atoms with Crippen molar-refractivity contribution in [3.8, 4) is 11.5 Å². The van der Waals surface area contributed by atoms with Crippen molar-refractivity contribution >= 4 is 50.8 Å². The minimum Gasteiger partial charge on any atom is -0.507 e. The predicted molar refractivity (Wildman–Crippen MR) is 99.4 cm³/mol. The third-order valence-corrected chi connectivity index (χ3v) is 3.95. The van der Waals surface area contributed by atoms with E-state index in [0.29, 0.717) is 21.5 Å². The van der Waals surface area contributed by atoms with Gasteiger partial charge in [0.1, 0.15) is 17.1 Å². The Hall–Kier alpha value is -2.65. The third-order valence-electron chi connectivity index (χ3n) is 3.13. The molecule has 0 aromatic heterocycles. The molecular weight excluding hydrogens is 412 g/mol. The van der Waals surface area contributed by atoms with Crippen LogP contribution in [0.25, 0.3) is 0 Å². The van der Waals surface area contributed by atoms with Crippen molar-refractivity contribution < 1.29 is 24.5 Å². The number of halogens is 1. The van der Waals surface area contributed by atoms with Crippen LogP contribution in [-0.2, 0) is 0 Å². The summed E-state index contributed by atoms with van der Waals surface area (Å²) in [5.41, 5.74) is 0.466. The van der Waals surface area contributed by atoms with E-state index in [2.05, 4.69) is 26.6 Å². The number of ether oxygens (including phenoxy) is 1. The summed E-state index contributed by atoms with van der Waals surface area (Å²) in [4.78, 5) is 23.0. The third kappa shape index (κ3) is 4.68. The number of anilines is 1. The molecule has 0 atom stereocenters. The molecule has 0 heterocycles. The number of phenols is 1. The average molecular weight is 425 g/mol. The van der Waals surface area contributed by atoms with Crippen LogP contribution in [0.4, 0.5) is 5.69 Å². The maximum Gasteiger partial charge on any atom is 0.339 e. The number of amides is 1. The summed E-state index contributed by atoms with van der Waals surface area (Å²) in [7, 11) is 1.52. The van der Waals surface area contributed by atoms with E-state index in [9.17, 15) is 14.7 Å². The van der Waals surface area contributed by atoms with Crippen molar-refractivity contribution in [3.05, 3.63) is 52.0 Å².